The van der Waals surface area contributed by atoms with Gasteiger partial charge in [0.05, 0.1) is 0 Å². The molecule has 0 bridgehead atoms. The molecule has 2 aromatic carbocycles. The number of hydrogen-bond donors (Lipinski definition) is 0. The number of halogens is 2. The Balaban J connectivity index is 0.00000169. The molecule has 1 aliphatic carbocycles. The van der Waals surface area contributed by atoms with E-state index in [1.807, 2.05) is 12.1 Å². The van der Waals surface area contributed by atoms with E-state index >= 15 is 0 Å². The maximum Gasteiger partial charge on any atom is 0.0406 e. The molecule has 0 aromatic heterocycles. The van der Waals surface area contributed by atoms with E-state index in [4.69, 9.17) is 11.6 Å². The van der Waals surface area contributed by atoms with Crippen LogP contribution in [0.3, 0.4) is 0 Å². The predicted octanol–water partition coefficient (Wildman–Crippen LogP) is 5.46. The lowest BCUT2D eigenvalue weighted by Crippen LogP contribution is -2.31. The first-order valence-corrected chi connectivity index (χ1v) is 8.86. The first kappa shape index (κ1) is 17.5. The molecule has 2 aliphatic rings. The summed E-state index contributed by atoms with van der Waals surface area (Å²) < 4.78 is 0. The van der Waals surface area contributed by atoms with E-state index in [9.17, 15) is 0 Å². The van der Waals surface area contributed by atoms with Gasteiger partial charge in [-0.3, -0.25) is 0 Å². The van der Waals surface area contributed by atoms with Gasteiger partial charge in [0.15, 0.2) is 0 Å². The van der Waals surface area contributed by atoms with Gasteiger partial charge in [-0.25, -0.2) is 0 Å². The van der Waals surface area contributed by atoms with Crippen molar-refractivity contribution in [3.05, 3.63) is 75.8 Å². The van der Waals surface area contributed by atoms with Gasteiger partial charge in [0.2, 0.25) is 0 Å². The molecule has 3 heteroatoms. The van der Waals surface area contributed by atoms with Crippen molar-refractivity contribution in [3.63, 3.8) is 0 Å². The number of allylic oxidation sites excluding steroid dienone is 1. The minimum Gasteiger partial charge on any atom is -0.306 e. The lowest BCUT2D eigenvalue weighted by Gasteiger charge is -2.30. The molecule has 1 nitrogen and oxygen atoms in total. The van der Waals surface area contributed by atoms with Crippen LogP contribution < -0.4 is 0 Å². The number of fused-ring (bicyclic) bond motifs is 1. The summed E-state index contributed by atoms with van der Waals surface area (Å²) in [6, 6.07) is 17.3. The van der Waals surface area contributed by atoms with Crippen molar-refractivity contribution in [2.75, 3.05) is 20.1 Å². The topological polar surface area (TPSA) is 3.24 Å². The van der Waals surface area contributed by atoms with Crippen LogP contribution in [0.15, 0.2) is 54.1 Å². The van der Waals surface area contributed by atoms with Gasteiger partial charge in [0.1, 0.15) is 0 Å². The van der Waals surface area contributed by atoms with Crippen molar-refractivity contribution < 1.29 is 0 Å². The number of benzene rings is 2. The Hall–Kier alpha value is -1.28. The number of likely N-dealkylation sites (tertiary alicyclic amines) is 1. The van der Waals surface area contributed by atoms with E-state index in [1.165, 1.54) is 48.2 Å². The lowest BCUT2D eigenvalue weighted by molar-refractivity contribution is 0.237. The highest BCUT2D eigenvalue weighted by Gasteiger charge is 2.29. The molecular weight excluding hydrogens is 337 g/mol. The highest BCUT2D eigenvalue weighted by atomic mass is 35.5. The standard InChI is InChI=1S/C21H22ClN.ClH/c1-23-12-10-15(11-13-23)20-14-17-4-2-3-5-19(17)21(20)16-6-8-18(22)9-7-16;/h2-9,15H,10-14H2,1H3;1H. The molecule has 24 heavy (non-hydrogen) atoms. The molecule has 0 atom stereocenters. The van der Waals surface area contributed by atoms with Crippen molar-refractivity contribution in [3.8, 4) is 0 Å². The Morgan fingerprint density at radius 2 is 1.62 bits per heavy atom. The van der Waals surface area contributed by atoms with Crippen LogP contribution in [0.5, 0.6) is 0 Å². The molecule has 2 aromatic rings. The molecule has 1 heterocycles. The molecule has 0 spiro atoms. The van der Waals surface area contributed by atoms with Gasteiger partial charge in [0.25, 0.3) is 0 Å². The average Bonchev–Trinajstić information content (AvgIpc) is 2.96. The minimum absolute atomic E-state index is 0. The minimum atomic E-state index is 0. The zero-order valence-electron chi connectivity index (χ0n) is 14.0. The maximum absolute atomic E-state index is 6.10. The van der Waals surface area contributed by atoms with Gasteiger partial charge in [-0.15, -0.1) is 12.4 Å². The SMILES string of the molecule is CN1CCC(C2=C(c3ccc(Cl)cc3)c3ccccc3C2)CC1.Cl. The summed E-state index contributed by atoms with van der Waals surface area (Å²) in [6.07, 6.45) is 3.66. The second-order valence-electron chi connectivity index (χ2n) is 6.82. The summed E-state index contributed by atoms with van der Waals surface area (Å²) in [5, 5.41) is 0.807. The van der Waals surface area contributed by atoms with E-state index in [2.05, 4.69) is 48.3 Å². The third-order valence-electron chi connectivity index (χ3n) is 5.33. The largest absolute Gasteiger partial charge is 0.306 e. The maximum atomic E-state index is 6.10. The van der Waals surface area contributed by atoms with Gasteiger partial charge in [0, 0.05) is 5.02 Å². The number of nitrogens with zero attached hydrogens (tertiary/aromatic N) is 1. The van der Waals surface area contributed by atoms with Crippen LogP contribution in [-0.4, -0.2) is 25.0 Å². The molecule has 1 fully saturated rings. The first-order chi connectivity index (χ1) is 11.2. The third kappa shape index (κ3) is 3.26. The Morgan fingerprint density at radius 3 is 2.33 bits per heavy atom. The second kappa shape index (κ2) is 7.31. The molecule has 0 amide bonds. The van der Waals surface area contributed by atoms with Crippen molar-refractivity contribution in [1.82, 2.24) is 4.90 Å². The Morgan fingerprint density at radius 1 is 0.958 bits per heavy atom. The van der Waals surface area contributed by atoms with Crippen LogP contribution in [0, 0.1) is 5.92 Å². The monoisotopic (exact) mass is 359 g/mol. The second-order valence-corrected chi connectivity index (χ2v) is 7.26. The molecular formula is C21H23Cl2N. The smallest absolute Gasteiger partial charge is 0.0406 e. The van der Waals surface area contributed by atoms with Crippen molar-refractivity contribution >= 4 is 29.6 Å². The van der Waals surface area contributed by atoms with Gasteiger partial charge in [-0.2, -0.15) is 0 Å². The van der Waals surface area contributed by atoms with Crippen LogP contribution in [0.25, 0.3) is 5.57 Å². The van der Waals surface area contributed by atoms with E-state index in [-0.39, 0.29) is 12.4 Å². The highest BCUT2D eigenvalue weighted by molar-refractivity contribution is 6.30. The molecule has 0 N–H and O–H groups in total. The molecule has 0 unspecified atom stereocenters. The molecule has 126 valence electrons. The number of rotatable bonds is 2. The van der Waals surface area contributed by atoms with Gasteiger partial charge in [-0.05, 0) is 79.7 Å². The zero-order valence-corrected chi connectivity index (χ0v) is 15.5. The van der Waals surface area contributed by atoms with E-state index < -0.39 is 0 Å². The summed E-state index contributed by atoms with van der Waals surface area (Å²) in [4.78, 5) is 2.45. The predicted molar refractivity (Wildman–Crippen MR) is 105 cm³/mol. The lowest BCUT2D eigenvalue weighted by atomic mass is 9.84. The van der Waals surface area contributed by atoms with Crippen molar-refractivity contribution in [2.24, 2.45) is 5.92 Å². The Labute approximate surface area is 155 Å². The van der Waals surface area contributed by atoms with E-state index in [0.717, 1.165) is 11.4 Å². The van der Waals surface area contributed by atoms with Crippen LogP contribution in [0.4, 0.5) is 0 Å². The van der Waals surface area contributed by atoms with Crippen molar-refractivity contribution in [1.29, 1.82) is 0 Å². The van der Waals surface area contributed by atoms with E-state index in [0.29, 0.717) is 5.92 Å². The summed E-state index contributed by atoms with van der Waals surface area (Å²) >= 11 is 6.10. The third-order valence-corrected chi connectivity index (χ3v) is 5.58. The van der Waals surface area contributed by atoms with Crippen LogP contribution >= 0.6 is 24.0 Å². The van der Waals surface area contributed by atoms with Crippen LogP contribution in [0.1, 0.15) is 29.5 Å². The van der Waals surface area contributed by atoms with Crippen LogP contribution in [-0.2, 0) is 6.42 Å². The van der Waals surface area contributed by atoms with Gasteiger partial charge in [-0.1, -0.05) is 53.6 Å². The average molecular weight is 360 g/mol. The highest BCUT2D eigenvalue weighted by Crippen LogP contribution is 2.43. The first-order valence-electron chi connectivity index (χ1n) is 8.48. The fourth-order valence-corrected chi connectivity index (χ4v) is 4.17. The summed E-state index contributed by atoms with van der Waals surface area (Å²) in [5.41, 5.74) is 7.32. The zero-order chi connectivity index (χ0) is 15.8. The fourth-order valence-electron chi connectivity index (χ4n) is 4.05. The molecule has 4 rings (SSSR count). The molecule has 0 saturated carbocycles. The molecule has 1 saturated heterocycles. The molecule has 0 radical (unpaired) electrons. The Kier molecular flexibility index (Phi) is 5.34. The van der Waals surface area contributed by atoms with Gasteiger partial charge < -0.3 is 4.90 Å². The number of hydrogen-bond acceptors (Lipinski definition) is 1. The van der Waals surface area contributed by atoms with Gasteiger partial charge >= 0.3 is 0 Å². The summed E-state index contributed by atoms with van der Waals surface area (Å²) in [6.45, 7) is 2.41. The summed E-state index contributed by atoms with van der Waals surface area (Å²) in [7, 11) is 2.23. The normalized spacial score (nSPS) is 18.4. The Bertz CT molecular complexity index is 741. The number of piperidine rings is 1. The fraction of sp³-hybridized carbons (Fsp3) is 0.333. The van der Waals surface area contributed by atoms with Crippen LogP contribution in [0.2, 0.25) is 5.02 Å². The van der Waals surface area contributed by atoms with E-state index in [1.54, 1.807) is 5.57 Å². The summed E-state index contributed by atoms with van der Waals surface area (Å²) in [5.74, 6) is 0.712. The molecule has 1 aliphatic heterocycles. The quantitative estimate of drug-likeness (QED) is 0.687. The van der Waals surface area contributed by atoms with Crippen molar-refractivity contribution in [2.45, 2.75) is 19.3 Å².